The van der Waals surface area contributed by atoms with E-state index in [2.05, 4.69) is 22.6 Å². The Morgan fingerprint density at radius 3 is 2.48 bits per heavy atom. The molecule has 0 unspecified atom stereocenters. The van der Waals surface area contributed by atoms with E-state index in [0.717, 1.165) is 14.7 Å². The minimum absolute atomic E-state index is 0.302. The molecule has 0 amide bonds. The lowest BCUT2D eigenvalue weighted by Crippen LogP contribution is -2.34. The minimum Gasteiger partial charge on any atom is -0.497 e. The van der Waals surface area contributed by atoms with Crippen LogP contribution >= 0.6 is 22.6 Å². The van der Waals surface area contributed by atoms with Crippen LogP contribution in [0.25, 0.3) is 6.08 Å². The van der Waals surface area contributed by atoms with Crippen molar-refractivity contribution in [1.82, 2.24) is 0 Å². The number of hydrogen-bond acceptors (Lipinski definition) is 3. The molecule has 0 spiro atoms. The highest BCUT2D eigenvalue weighted by molar-refractivity contribution is 14.1. The highest BCUT2D eigenvalue weighted by Crippen LogP contribution is 2.36. The summed E-state index contributed by atoms with van der Waals surface area (Å²) in [4.78, 5) is 0.302. The van der Waals surface area contributed by atoms with Gasteiger partial charge in [-0.15, -0.1) is 0 Å². The third kappa shape index (κ3) is 3.10. The van der Waals surface area contributed by atoms with Gasteiger partial charge in [-0.1, -0.05) is 17.7 Å². The molecule has 0 radical (unpaired) electrons. The fraction of sp³-hybridized carbons (Fsp3) is 0.176. The number of methoxy groups -OCH3 is 1. The van der Waals surface area contributed by atoms with Crippen LogP contribution in [0.1, 0.15) is 11.1 Å². The zero-order chi connectivity index (χ0) is 16.6. The monoisotopic (exact) mass is 441 g/mol. The van der Waals surface area contributed by atoms with Gasteiger partial charge in [0, 0.05) is 9.14 Å². The SMILES string of the molecule is COc1ccc2c(c1)C=C(I)CN2S(=O)(=O)c1ccc(C)cc1. The maximum absolute atomic E-state index is 13.0. The van der Waals surface area contributed by atoms with Crippen molar-refractivity contribution in [3.63, 3.8) is 0 Å². The molecule has 2 aromatic rings. The lowest BCUT2D eigenvalue weighted by atomic mass is 10.1. The molecule has 23 heavy (non-hydrogen) atoms. The average Bonchev–Trinajstić information content (AvgIpc) is 2.53. The van der Waals surface area contributed by atoms with Crippen LogP contribution in [0.15, 0.2) is 50.9 Å². The molecule has 6 heteroatoms. The van der Waals surface area contributed by atoms with Crippen molar-refractivity contribution in [3.05, 3.63) is 57.2 Å². The second kappa shape index (κ2) is 6.16. The first-order chi connectivity index (χ1) is 10.9. The highest BCUT2D eigenvalue weighted by Gasteiger charge is 2.29. The maximum atomic E-state index is 13.0. The molecule has 1 aliphatic rings. The molecule has 0 N–H and O–H groups in total. The predicted molar refractivity (Wildman–Crippen MR) is 101 cm³/mol. The van der Waals surface area contributed by atoms with Gasteiger partial charge in [-0.25, -0.2) is 8.42 Å². The molecule has 0 aromatic heterocycles. The molecule has 3 rings (SSSR count). The molecule has 1 heterocycles. The smallest absolute Gasteiger partial charge is 0.264 e. The van der Waals surface area contributed by atoms with Crippen LogP contribution in [-0.4, -0.2) is 22.1 Å². The normalized spacial score (nSPS) is 14.2. The number of nitrogens with zero attached hydrogens (tertiary/aromatic N) is 1. The molecule has 4 nitrogen and oxygen atoms in total. The first-order valence-corrected chi connectivity index (χ1v) is 9.57. The zero-order valence-electron chi connectivity index (χ0n) is 12.8. The van der Waals surface area contributed by atoms with Gasteiger partial charge in [-0.05, 0) is 65.9 Å². The number of hydrogen-bond donors (Lipinski definition) is 0. The molecular weight excluding hydrogens is 425 g/mol. The van der Waals surface area contributed by atoms with Gasteiger partial charge in [0.15, 0.2) is 0 Å². The van der Waals surface area contributed by atoms with E-state index in [1.54, 1.807) is 31.4 Å². The molecule has 120 valence electrons. The standard InChI is InChI=1S/C17H16INO3S/c1-12-3-6-16(7-4-12)23(20,21)19-11-14(18)9-13-10-15(22-2)5-8-17(13)19/h3-10H,11H2,1-2H3. The van der Waals surface area contributed by atoms with Crippen molar-refractivity contribution < 1.29 is 13.2 Å². The Kier molecular flexibility index (Phi) is 4.37. The molecule has 1 aliphatic heterocycles. The van der Waals surface area contributed by atoms with Gasteiger partial charge in [0.05, 0.1) is 24.2 Å². The highest BCUT2D eigenvalue weighted by atomic mass is 127. The van der Waals surface area contributed by atoms with E-state index in [4.69, 9.17) is 4.74 Å². The van der Waals surface area contributed by atoms with Crippen LogP contribution in [0.4, 0.5) is 5.69 Å². The van der Waals surface area contributed by atoms with Crippen LogP contribution in [0.2, 0.25) is 0 Å². The van der Waals surface area contributed by atoms with E-state index in [0.29, 0.717) is 22.9 Å². The van der Waals surface area contributed by atoms with Gasteiger partial charge in [0.25, 0.3) is 10.0 Å². The van der Waals surface area contributed by atoms with E-state index in [9.17, 15) is 8.42 Å². The van der Waals surface area contributed by atoms with Gasteiger partial charge >= 0.3 is 0 Å². The Labute approximate surface area is 150 Å². The summed E-state index contributed by atoms with van der Waals surface area (Å²) < 4.78 is 33.7. The van der Waals surface area contributed by atoms with Gasteiger partial charge in [0.1, 0.15) is 5.75 Å². The molecule has 0 saturated carbocycles. The van der Waals surface area contributed by atoms with Crippen LogP contribution in [0.5, 0.6) is 5.75 Å². The molecule has 0 bridgehead atoms. The van der Waals surface area contributed by atoms with Crippen molar-refractivity contribution in [2.75, 3.05) is 18.0 Å². The summed E-state index contributed by atoms with van der Waals surface area (Å²) >= 11 is 2.17. The number of rotatable bonds is 3. The lowest BCUT2D eigenvalue weighted by molar-refractivity contribution is 0.414. The van der Waals surface area contributed by atoms with E-state index in [-0.39, 0.29) is 0 Å². The van der Waals surface area contributed by atoms with Crippen molar-refractivity contribution in [2.45, 2.75) is 11.8 Å². The molecule has 0 aliphatic carbocycles. The molecule has 2 aromatic carbocycles. The van der Waals surface area contributed by atoms with Crippen LogP contribution in [0, 0.1) is 6.92 Å². The van der Waals surface area contributed by atoms with E-state index >= 15 is 0 Å². The second-order valence-electron chi connectivity index (χ2n) is 5.34. The summed E-state index contributed by atoms with van der Waals surface area (Å²) in [6.07, 6.45) is 1.99. The first kappa shape index (κ1) is 16.3. The molecule has 0 atom stereocenters. The van der Waals surface area contributed by atoms with Gasteiger partial charge in [-0.3, -0.25) is 4.31 Å². The van der Waals surface area contributed by atoms with Crippen molar-refractivity contribution in [2.24, 2.45) is 0 Å². The Morgan fingerprint density at radius 2 is 1.83 bits per heavy atom. The number of sulfonamides is 1. The molecule has 0 fully saturated rings. The Morgan fingerprint density at radius 1 is 1.13 bits per heavy atom. The van der Waals surface area contributed by atoms with Crippen molar-refractivity contribution in [1.29, 1.82) is 0 Å². The topological polar surface area (TPSA) is 46.6 Å². The van der Waals surface area contributed by atoms with Gasteiger partial charge in [-0.2, -0.15) is 0 Å². The van der Waals surface area contributed by atoms with Gasteiger partial charge in [0.2, 0.25) is 0 Å². The quantitative estimate of drug-likeness (QED) is 0.677. The summed E-state index contributed by atoms with van der Waals surface area (Å²) in [5, 5.41) is 0. The third-order valence-corrected chi connectivity index (χ3v) is 6.15. The molecule has 0 saturated heterocycles. The van der Waals surface area contributed by atoms with Crippen LogP contribution in [0.3, 0.4) is 0 Å². The predicted octanol–water partition coefficient (Wildman–Crippen LogP) is 3.99. The third-order valence-electron chi connectivity index (χ3n) is 3.72. The number of benzene rings is 2. The van der Waals surface area contributed by atoms with E-state index in [1.807, 2.05) is 31.2 Å². The van der Waals surface area contributed by atoms with Crippen molar-refractivity contribution in [3.8, 4) is 5.75 Å². The van der Waals surface area contributed by atoms with Gasteiger partial charge < -0.3 is 4.74 Å². The summed E-state index contributed by atoms with van der Waals surface area (Å²) in [6, 6.07) is 12.4. The summed E-state index contributed by atoms with van der Waals surface area (Å²) in [7, 11) is -2.00. The number of ether oxygens (including phenoxy) is 1. The largest absolute Gasteiger partial charge is 0.497 e. The summed E-state index contributed by atoms with van der Waals surface area (Å²) in [5.41, 5.74) is 2.55. The Bertz CT molecular complexity index is 873. The second-order valence-corrected chi connectivity index (χ2v) is 8.59. The number of halogens is 1. The minimum atomic E-state index is -3.60. The summed E-state index contributed by atoms with van der Waals surface area (Å²) in [5.74, 6) is 0.707. The van der Waals surface area contributed by atoms with Crippen LogP contribution < -0.4 is 9.04 Å². The number of anilines is 1. The first-order valence-electron chi connectivity index (χ1n) is 7.05. The Balaban J connectivity index is 2.11. The fourth-order valence-electron chi connectivity index (χ4n) is 2.49. The Hall–Kier alpha value is -1.54. The average molecular weight is 441 g/mol. The van der Waals surface area contributed by atoms with E-state index < -0.39 is 10.0 Å². The van der Waals surface area contributed by atoms with Crippen LogP contribution in [-0.2, 0) is 10.0 Å². The molecular formula is C17H16INO3S. The number of aryl methyl sites for hydroxylation is 1. The van der Waals surface area contributed by atoms with Crippen molar-refractivity contribution >= 4 is 44.4 Å². The maximum Gasteiger partial charge on any atom is 0.264 e. The summed E-state index contributed by atoms with van der Waals surface area (Å²) in [6.45, 7) is 2.28. The fourth-order valence-corrected chi connectivity index (χ4v) is 4.87. The zero-order valence-corrected chi connectivity index (χ0v) is 15.8. The lowest BCUT2D eigenvalue weighted by Gasteiger charge is -2.29. The van der Waals surface area contributed by atoms with E-state index in [1.165, 1.54) is 4.31 Å². The number of fused-ring (bicyclic) bond motifs is 1.